The lowest BCUT2D eigenvalue weighted by molar-refractivity contribution is -0.118. The van der Waals surface area contributed by atoms with Crippen molar-refractivity contribution in [1.29, 1.82) is 0 Å². The smallest absolute Gasteiger partial charge is 0.217 e. The van der Waals surface area contributed by atoms with Crippen LogP contribution in [0.15, 0.2) is 33.1 Å². The van der Waals surface area contributed by atoms with Crippen molar-refractivity contribution in [2.24, 2.45) is 5.73 Å². The molecule has 0 radical (unpaired) electrons. The molecule has 4 aromatic heterocycles. The summed E-state index contributed by atoms with van der Waals surface area (Å²) >= 11 is 4.81. The Kier molecular flexibility index (Phi) is 5.42. The summed E-state index contributed by atoms with van der Waals surface area (Å²) in [6.45, 7) is 4.64. The summed E-state index contributed by atoms with van der Waals surface area (Å²) in [7, 11) is 0. The molecule has 4 rings (SSSR count). The first kappa shape index (κ1) is 19.0. The molecule has 28 heavy (non-hydrogen) atoms. The molecule has 0 fully saturated rings. The van der Waals surface area contributed by atoms with Gasteiger partial charge in [-0.15, -0.1) is 32.9 Å². The van der Waals surface area contributed by atoms with Gasteiger partial charge in [0.25, 0.3) is 0 Å². The van der Waals surface area contributed by atoms with Crippen LogP contribution < -0.4 is 5.73 Å². The van der Waals surface area contributed by atoms with E-state index in [-0.39, 0.29) is 12.3 Å². The van der Waals surface area contributed by atoms with E-state index in [1.54, 1.807) is 22.7 Å². The van der Waals surface area contributed by atoms with Crippen LogP contribution in [0.25, 0.3) is 20.7 Å². The number of thiophene rings is 2. The molecule has 4 aromatic rings. The van der Waals surface area contributed by atoms with Crippen LogP contribution in [0.5, 0.6) is 0 Å². The molecule has 2 N–H and O–H groups in total. The van der Waals surface area contributed by atoms with E-state index in [4.69, 9.17) is 10.7 Å². The molecule has 0 aliphatic heterocycles. The Bertz CT molecular complexity index is 1130. The van der Waals surface area contributed by atoms with Crippen molar-refractivity contribution in [1.82, 2.24) is 24.7 Å². The summed E-state index contributed by atoms with van der Waals surface area (Å²) in [6.07, 6.45) is 0.737. The second-order valence-corrected chi connectivity index (χ2v) is 8.86. The largest absolute Gasteiger partial charge is 0.370 e. The van der Waals surface area contributed by atoms with E-state index in [9.17, 15) is 4.79 Å². The molecule has 1 amide bonds. The van der Waals surface area contributed by atoms with E-state index in [1.807, 2.05) is 24.5 Å². The zero-order valence-corrected chi connectivity index (χ0v) is 17.8. The summed E-state index contributed by atoms with van der Waals surface area (Å²) in [6, 6.07) is 4.15. The molecular weight excluding hydrogens is 412 g/mol. The number of aryl methyl sites for hydroxylation is 2. The third-order valence-electron chi connectivity index (χ3n) is 4.19. The predicted octanol–water partition coefficient (Wildman–Crippen LogP) is 3.91. The maximum atomic E-state index is 11.1. The normalized spacial score (nSPS) is 11.4. The zero-order valence-electron chi connectivity index (χ0n) is 15.4. The van der Waals surface area contributed by atoms with Crippen LogP contribution >= 0.6 is 34.4 Å². The number of fused-ring (bicyclic) bond motifs is 1. The fourth-order valence-corrected chi connectivity index (χ4v) is 5.87. The second kappa shape index (κ2) is 7.98. The van der Waals surface area contributed by atoms with Crippen LogP contribution in [0.2, 0.25) is 0 Å². The minimum Gasteiger partial charge on any atom is -0.370 e. The molecule has 0 spiro atoms. The van der Waals surface area contributed by atoms with Crippen molar-refractivity contribution in [2.45, 2.75) is 43.4 Å². The van der Waals surface area contributed by atoms with Gasteiger partial charge in [-0.05, 0) is 37.1 Å². The molecule has 0 unspecified atom stereocenters. The number of primary amides is 1. The van der Waals surface area contributed by atoms with Gasteiger partial charge in [0.1, 0.15) is 21.5 Å². The number of nitrogens with two attached hydrogens (primary N) is 1. The molecule has 0 saturated heterocycles. The fraction of sp³-hybridized carbons (Fsp3) is 0.278. The Balaban J connectivity index is 1.76. The highest BCUT2D eigenvalue weighted by Crippen LogP contribution is 2.41. The average Bonchev–Trinajstić information content (AvgIpc) is 3.38. The van der Waals surface area contributed by atoms with E-state index in [1.165, 1.54) is 16.6 Å². The van der Waals surface area contributed by atoms with Gasteiger partial charge >= 0.3 is 0 Å². The number of aromatic nitrogens is 5. The van der Waals surface area contributed by atoms with Crippen LogP contribution in [0.4, 0.5) is 0 Å². The van der Waals surface area contributed by atoms with E-state index in [2.05, 4.69) is 32.0 Å². The molecule has 7 nitrogen and oxygen atoms in total. The molecule has 0 aromatic carbocycles. The number of carbonyl (C=O) groups excluding carboxylic acids is 1. The van der Waals surface area contributed by atoms with Gasteiger partial charge in [-0.25, -0.2) is 9.97 Å². The number of hydrogen-bond acceptors (Lipinski definition) is 8. The van der Waals surface area contributed by atoms with E-state index < -0.39 is 0 Å². The molecule has 0 aliphatic rings. The number of amides is 1. The van der Waals surface area contributed by atoms with Crippen molar-refractivity contribution in [3.05, 3.63) is 34.5 Å². The Hall–Kier alpha value is -2.30. The fourth-order valence-electron chi connectivity index (χ4n) is 2.92. The van der Waals surface area contributed by atoms with Gasteiger partial charge < -0.3 is 10.3 Å². The lowest BCUT2D eigenvalue weighted by Gasteiger charge is -2.08. The first-order valence-electron chi connectivity index (χ1n) is 8.74. The molecule has 0 aliphatic carbocycles. The summed E-state index contributed by atoms with van der Waals surface area (Å²) < 4.78 is 2.01. The maximum Gasteiger partial charge on any atom is 0.217 e. The molecule has 0 atom stereocenters. The van der Waals surface area contributed by atoms with Gasteiger partial charge in [0.15, 0.2) is 5.16 Å². The van der Waals surface area contributed by atoms with Gasteiger partial charge in [0.2, 0.25) is 5.91 Å². The highest BCUT2D eigenvalue weighted by molar-refractivity contribution is 7.99. The van der Waals surface area contributed by atoms with Gasteiger partial charge in [-0.2, -0.15) is 0 Å². The number of hydrogen-bond donors (Lipinski definition) is 1. The summed E-state index contributed by atoms with van der Waals surface area (Å²) in [4.78, 5) is 22.6. The Labute approximate surface area is 174 Å². The van der Waals surface area contributed by atoms with Crippen LogP contribution in [-0.2, 0) is 17.8 Å². The first-order valence-corrected chi connectivity index (χ1v) is 11.3. The minimum absolute atomic E-state index is 0.257. The van der Waals surface area contributed by atoms with Crippen molar-refractivity contribution in [3.63, 3.8) is 0 Å². The van der Waals surface area contributed by atoms with E-state index >= 15 is 0 Å². The topological polar surface area (TPSA) is 99.6 Å². The second-order valence-electron chi connectivity index (χ2n) is 6.09. The summed E-state index contributed by atoms with van der Waals surface area (Å²) in [5.41, 5.74) is 6.42. The monoisotopic (exact) mass is 430 g/mol. The van der Waals surface area contributed by atoms with Gasteiger partial charge in [-0.1, -0.05) is 6.07 Å². The number of nitrogens with zero attached hydrogens (tertiary/aromatic N) is 5. The third kappa shape index (κ3) is 3.67. The van der Waals surface area contributed by atoms with Gasteiger partial charge in [0, 0.05) is 35.2 Å². The number of carbonyl (C=O) groups is 1. The van der Waals surface area contributed by atoms with Crippen LogP contribution in [0.1, 0.15) is 25.0 Å². The van der Waals surface area contributed by atoms with Crippen molar-refractivity contribution < 1.29 is 4.79 Å². The first-order chi connectivity index (χ1) is 13.6. The summed E-state index contributed by atoms with van der Waals surface area (Å²) in [5.74, 6) is 1.15. The quantitative estimate of drug-likeness (QED) is 0.446. The third-order valence-corrected chi connectivity index (χ3v) is 6.94. The Morgan fingerprint density at radius 1 is 1.29 bits per heavy atom. The number of rotatable bonds is 7. The average molecular weight is 431 g/mol. The molecule has 0 bridgehead atoms. The van der Waals surface area contributed by atoms with E-state index in [0.717, 1.165) is 37.6 Å². The highest BCUT2D eigenvalue weighted by Gasteiger charge is 2.19. The Morgan fingerprint density at radius 3 is 2.86 bits per heavy atom. The van der Waals surface area contributed by atoms with Gasteiger partial charge in [0.05, 0.1) is 5.39 Å². The maximum absolute atomic E-state index is 11.1. The summed E-state index contributed by atoms with van der Waals surface area (Å²) in [5, 5.41) is 15.5. The van der Waals surface area contributed by atoms with Crippen molar-refractivity contribution in [3.8, 4) is 10.4 Å². The highest BCUT2D eigenvalue weighted by atomic mass is 32.2. The lowest BCUT2D eigenvalue weighted by Crippen LogP contribution is -2.13. The molecular formula is C18H18N6OS3. The Morgan fingerprint density at radius 2 is 2.14 bits per heavy atom. The molecule has 144 valence electrons. The predicted molar refractivity (Wildman–Crippen MR) is 113 cm³/mol. The van der Waals surface area contributed by atoms with Crippen molar-refractivity contribution in [2.75, 3.05) is 0 Å². The minimum atomic E-state index is -0.341. The zero-order chi connectivity index (χ0) is 19.7. The standard InChI is InChI=1S/C18H18N6OS3/c1-3-24-14(7-6-13(19)25)22-23-18(24)28-17-15-11(12-5-4-8-26-12)9-27-16(15)20-10(2)21-17/h4-5,8-9H,3,6-7H2,1-2H3,(H2,19,25). The van der Waals surface area contributed by atoms with Gasteiger partial charge in [-0.3, -0.25) is 4.79 Å². The van der Waals surface area contributed by atoms with Crippen LogP contribution in [-0.4, -0.2) is 30.6 Å². The van der Waals surface area contributed by atoms with E-state index in [0.29, 0.717) is 13.0 Å². The van der Waals surface area contributed by atoms with Crippen LogP contribution in [0, 0.1) is 6.92 Å². The molecule has 10 heteroatoms. The lowest BCUT2D eigenvalue weighted by atomic mass is 10.2. The molecule has 0 saturated carbocycles. The van der Waals surface area contributed by atoms with Crippen molar-refractivity contribution >= 4 is 50.6 Å². The SMILES string of the molecule is CCn1c(CCC(N)=O)nnc1Sc1nc(C)nc2scc(-c3cccs3)c12. The van der Waals surface area contributed by atoms with Crippen LogP contribution in [0.3, 0.4) is 0 Å². The molecule has 4 heterocycles.